The lowest BCUT2D eigenvalue weighted by Crippen LogP contribution is -2.36. The second-order valence-electron chi connectivity index (χ2n) is 9.22. The van der Waals surface area contributed by atoms with Gasteiger partial charge in [0.1, 0.15) is 18.1 Å². The maximum Gasteiger partial charge on any atom is 0.343 e. The van der Waals surface area contributed by atoms with E-state index in [-0.39, 0.29) is 6.61 Å². The number of benzene rings is 3. The summed E-state index contributed by atoms with van der Waals surface area (Å²) in [5.74, 6) is 7.51. The molecule has 0 radical (unpaired) electrons. The normalized spacial score (nSPS) is 13.7. The minimum Gasteiger partial charge on any atom is -0.489 e. The molecule has 0 unspecified atom stereocenters. The lowest BCUT2D eigenvalue weighted by atomic mass is 9.97. The molecule has 4 rings (SSSR count). The van der Waals surface area contributed by atoms with Gasteiger partial charge in [0.25, 0.3) is 0 Å². The Bertz CT molecular complexity index is 1350. The van der Waals surface area contributed by atoms with Gasteiger partial charge in [0.05, 0.1) is 26.9 Å². The maximum atomic E-state index is 11.4. The minimum absolute atomic E-state index is 0.128. The minimum atomic E-state index is -0.420. The SMILES string of the molecule is COC(=O)COc1ccc(OCC=C(c2ccc(C#CCN3CCOCC3)cc2)c2ccc(SC)cc2)cc1C. The van der Waals surface area contributed by atoms with Gasteiger partial charge in [-0.05, 0) is 84.0 Å². The fourth-order valence-corrected chi connectivity index (χ4v) is 4.62. The molecule has 0 spiro atoms. The van der Waals surface area contributed by atoms with Crippen molar-refractivity contribution < 1.29 is 23.7 Å². The van der Waals surface area contributed by atoms with Gasteiger partial charge in [0.2, 0.25) is 0 Å². The quantitative estimate of drug-likeness (QED) is 0.186. The van der Waals surface area contributed by atoms with E-state index in [0.29, 0.717) is 12.4 Å². The van der Waals surface area contributed by atoms with Gasteiger partial charge in [0.15, 0.2) is 6.61 Å². The van der Waals surface area contributed by atoms with Gasteiger partial charge < -0.3 is 18.9 Å². The lowest BCUT2D eigenvalue weighted by molar-refractivity contribution is -0.142. The number of methoxy groups -OCH3 is 1. The summed E-state index contributed by atoms with van der Waals surface area (Å²) < 4.78 is 21.6. The molecule has 1 heterocycles. The molecule has 0 aliphatic carbocycles. The number of ether oxygens (including phenoxy) is 4. The Morgan fingerprint density at radius 2 is 1.70 bits per heavy atom. The van der Waals surface area contributed by atoms with E-state index in [9.17, 15) is 4.79 Å². The fourth-order valence-electron chi connectivity index (χ4n) is 4.21. The van der Waals surface area contributed by atoms with Crippen LogP contribution in [0.15, 0.2) is 77.7 Å². The van der Waals surface area contributed by atoms with E-state index >= 15 is 0 Å². The number of nitrogens with zero attached hydrogens (tertiary/aromatic N) is 1. The smallest absolute Gasteiger partial charge is 0.343 e. The van der Waals surface area contributed by atoms with Crippen molar-refractivity contribution >= 4 is 23.3 Å². The van der Waals surface area contributed by atoms with E-state index in [2.05, 4.69) is 82.3 Å². The number of esters is 1. The largest absolute Gasteiger partial charge is 0.489 e. The number of hydrogen-bond acceptors (Lipinski definition) is 7. The summed E-state index contributed by atoms with van der Waals surface area (Å²) in [6.45, 7) is 6.37. The van der Waals surface area contributed by atoms with Crippen LogP contribution >= 0.6 is 11.8 Å². The van der Waals surface area contributed by atoms with Crippen LogP contribution in [0.25, 0.3) is 5.57 Å². The molecule has 0 saturated carbocycles. The summed E-state index contributed by atoms with van der Waals surface area (Å²) in [4.78, 5) is 14.9. The molecule has 7 heteroatoms. The topological polar surface area (TPSA) is 57.2 Å². The van der Waals surface area contributed by atoms with E-state index in [1.807, 2.05) is 19.1 Å². The third kappa shape index (κ3) is 8.65. The summed E-state index contributed by atoms with van der Waals surface area (Å²) in [7, 11) is 1.34. The molecule has 1 aliphatic heterocycles. The zero-order valence-corrected chi connectivity index (χ0v) is 24.1. The van der Waals surface area contributed by atoms with Gasteiger partial charge >= 0.3 is 5.97 Å². The van der Waals surface area contributed by atoms with Crippen LogP contribution in [-0.2, 0) is 14.3 Å². The van der Waals surface area contributed by atoms with Crippen LogP contribution in [0.2, 0.25) is 0 Å². The van der Waals surface area contributed by atoms with Crippen LogP contribution < -0.4 is 9.47 Å². The molecule has 0 bridgehead atoms. The van der Waals surface area contributed by atoms with Gasteiger partial charge in [-0.1, -0.05) is 36.1 Å². The van der Waals surface area contributed by atoms with Gasteiger partial charge in [-0.3, -0.25) is 4.90 Å². The van der Waals surface area contributed by atoms with E-state index in [0.717, 1.165) is 66.4 Å². The predicted molar refractivity (Wildman–Crippen MR) is 160 cm³/mol. The molecule has 40 heavy (non-hydrogen) atoms. The summed E-state index contributed by atoms with van der Waals surface area (Å²) in [5, 5.41) is 0. The molecule has 3 aromatic rings. The van der Waals surface area contributed by atoms with E-state index in [4.69, 9.17) is 14.2 Å². The van der Waals surface area contributed by atoms with Crippen molar-refractivity contribution in [3.8, 4) is 23.3 Å². The van der Waals surface area contributed by atoms with Crippen LogP contribution in [0.5, 0.6) is 11.5 Å². The van der Waals surface area contributed by atoms with Crippen molar-refractivity contribution in [3.05, 3.63) is 95.1 Å². The van der Waals surface area contributed by atoms with Crippen LogP contribution in [0.4, 0.5) is 0 Å². The first-order valence-electron chi connectivity index (χ1n) is 13.2. The third-order valence-corrected chi connectivity index (χ3v) is 7.24. The zero-order valence-electron chi connectivity index (χ0n) is 23.3. The molecule has 0 atom stereocenters. The summed E-state index contributed by atoms with van der Waals surface area (Å²) in [6, 6.07) is 22.5. The second-order valence-corrected chi connectivity index (χ2v) is 10.1. The van der Waals surface area contributed by atoms with Gasteiger partial charge in [0, 0.05) is 23.5 Å². The van der Waals surface area contributed by atoms with Crippen molar-refractivity contribution in [1.29, 1.82) is 0 Å². The Kier molecular flexibility index (Phi) is 11.1. The average Bonchev–Trinajstić information content (AvgIpc) is 3.00. The highest BCUT2D eigenvalue weighted by atomic mass is 32.2. The number of aryl methyl sites for hydroxylation is 1. The number of rotatable bonds is 10. The second kappa shape index (κ2) is 15.2. The van der Waals surface area contributed by atoms with Crippen LogP contribution in [0.1, 0.15) is 22.3 Å². The molecule has 1 saturated heterocycles. The Labute approximate surface area is 241 Å². The lowest BCUT2D eigenvalue weighted by Gasteiger charge is -2.24. The number of hydrogen-bond donors (Lipinski definition) is 0. The zero-order chi connectivity index (χ0) is 28.2. The highest BCUT2D eigenvalue weighted by molar-refractivity contribution is 7.98. The summed E-state index contributed by atoms with van der Waals surface area (Å²) in [5.41, 5.74) is 5.19. The number of thioether (sulfide) groups is 1. The van der Waals surface area contributed by atoms with Crippen LogP contribution in [0, 0.1) is 18.8 Å². The van der Waals surface area contributed by atoms with Crippen LogP contribution in [-0.4, -0.2) is 70.3 Å². The molecule has 1 aliphatic rings. The molecule has 3 aromatic carbocycles. The van der Waals surface area contributed by atoms with E-state index < -0.39 is 5.97 Å². The molecule has 0 amide bonds. The molecular weight excluding hydrogens is 522 g/mol. The van der Waals surface area contributed by atoms with Crippen molar-refractivity contribution in [2.24, 2.45) is 0 Å². The average molecular weight is 558 g/mol. The molecule has 0 N–H and O–H groups in total. The Morgan fingerprint density at radius 1 is 1.00 bits per heavy atom. The van der Waals surface area contributed by atoms with Crippen molar-refractivity contribution in [2.45, 2.75) is 11.8 Å². The molecular formula is C33H35NO5S. The van der Waals surface area contributed by atoms with Crippen molar-refractivity contribution in [1.82, 2.24) is 4.90 Å². The standard InChI is InChI=1S/C33H35NO5S/c1-25-23-29(12-15-32(25)39-24-33(35)36-2)38-20-16-31(28-10-13-30(40-3)14-11-28)27-8-6-26(7-9-27)5-4-17-34-18-21-37-22-19-34/h6-16,23H,17-22,24H2,1-3H3. The number of morpholine rings is 1. The highest BCUT2D eigenvalue weighted by Gasteiger charge is 2.09. The maximum absolute atomic E-state index is 11.4. The fraction of sp³-hybridized carbons (Fsp3) is 0.303. The van der Waals surface area contributed by atoms with Gasteiger partial charge in [-0.2, -0.15) is 0 Å². The van der Waals surface area contributed by atoms with Crippen LogP contribution in [0.3, 0.4) is 0 Å². The Hall–Kier alpha value is -3.70. The predicted octanol–water partition coefficient (Wildman–Crippen LogP) is 5.46. The summed E-state index contributed by atoms with van der Waals surface area (Å²) >= 11 is 1.72. The highest BCUT2D eigenvalue weighted by Crippen LogP contribution is 2.27. The Morgan fingerprint density at radius 3 is 2.35 bits per heavy atom. The first kappa shape index (κ1) is 29.3. The van der Waals surface area contributed by atoms with Gasteiger partial charge in [-0.25, -0.2) is 4.79 Å². The van der Waals surface area contributed by atoms with Crippen molar-refractivity contribution in [2.75, 3.05) is 59.4 Å². The van der Waals surface area contributed by atoms with E-state index in [1.54, 1.807) is 17.8 Å². The number of carbonyl (C=O) groups excluding carboxylic acids is 1. The first-order chi connectivity index (χ1) is 19.6. The monoisotopic (exact) mass is 557 g/mol. The number of carbonyl (C=O) groups is 1. The molecule has 0 aromatic heterocycles. The Balaban J connectivity index is 1.46. The molecule has 208 valence electrons. The summed E-state index contributed by atoms with van der Waals surface area (Å²) in [6.07, 6.45) is 4.18. The van der Waals surface area contributed by atoms with Crippen molar-refractivity contribution in [3.63, 3.8) is 0 Å². The molecule has 6 nitrogen and oxygen atoms in total. The van der Waals surface area contributed by atoms with Gasteiger partial charge in [-0.15, -0.1) is 11.8 Å². The van der Waals surface area contributed by atoms with E-state index in [1.165, 1.54) is 12.0 Å². The third-order valence-electron chi connectivity index (χ3n) is 6.49. The molecule has 1 fully saturated rings. The first-order valence-corrected chi connectivity index (χ1v) is 14.5.